The van der Waals surface area contributed by atoms with E-state index < -0.39 is 23.4 Å². The molecule has 0 saturated carbocycles. The molecule has 2 aromatic rings. The zero-order chi connectivity index (χ0) is 18.7. The van der Waals surface area contributed by atoms with Gasteiger partial charge in [0.25, 0.3) is 0 Å². The summed E-state index contributed by atoms with van der Waals surface area (Å²) < 4.78 is 38.3. The second kappa shape index (κ2) is 7.15. The Kier molecular flexibility index (Phi) is 4.93. The third kappa shape index (κ3) is 3.85. The largest absolute Gasteiger partial charge is 0.416 e. The molecule has 2 aromatic carbocycles. The van der Waals surface area contributed by atoms with Gasteiger partial charge in [0, 0.05) is 12.5 Å². The van der Waals surface area contributed by atoms with Crippen molar-refractivity contribution in [2.75, 3.05) is 6.54 Å². The number of rotatable bonds is 4. The summed E-state index contributed by atoms with van der Waals surface area (Å²) in [6.07, 6.45) is -1.95. The predicted molar refractivity (Wildman–Crippen MR) is 91.2 cm³/mol. The Morgan fingerprint density at radius 1 is 1.08 bits per heavy atom. The summed E-state index contributed by atoms with van der Waals surface area (Å²) in [4.78, 5) is 24.6. The highest BCUT2D eigenvalue weighted by molar-refractivity contribution is 6.10. The fourth-order valence-corrected chi connectivity index (χ4v) is 3.06. The Morgan fingerprint density at radius 3 is 2.50 bits per heavy atom. The molecule has 1 amide bonds. The van der Waals surface area contributed by atoms with Gasteiger partial charge < -0.3 is 5.32 Å². The molecule has 1 saturated heterocycles. The van der Waals surface area contributed by atoms with Gasteiger partial charge in [-0.15, -0.1) is 0 Å². The van der Waals surface area contributed by atoms with Crippen LogP contribution in [0.25, 0.3) is 6.08 Å². The van der Waals surface area contributed by atoms with Gasteiger partial charge in [0.1, 0.15) is 5.92 Å². The zero-order valence-electron chi connectivity index (χ0n) is 13.7. The molecule has 2 atom stereocenters. The van der Waals surface area contributed by atoms with Crippen LogP contribution in [0.2, 0.25) is 0 Å². The van der Waals surface area contributed by atoms with Crippen molar-refractivity contribution in [2.24, 2.45) is 5.92 Å². The molecule has 0 aliphatic carbocycles. The molecular weight excluding hydrogens is 343 g/mol. The summed E-state index contributed by atoms with van der Waals surface area (Å²) in [7, 11) is 0. The number of carbonyl (C=O) groups excluding carboxylic acids is 2. The number of carbonyl (C=O) groups is 2. The summed E-state index contributed by atoms with van der Waals surface area (Å²) in [5.41, 5.74) is 0.340. The highest BCUT2D eigenvalue weighted by Gasteiger charge is 2.39. The van der Waals surface area contributed by atoms with Crippen LogP contribution in [0, 0.1) is 5.92 Å². The van der Waals surface area contributed by atoms with E-state index in [1.165, 1.54) is 24.3 Å². The van der Waals surface area contributed by atoms with Gasteiger partial charge in [0.05, 0.1) is 5.56 Å². The van der Waals surface area contributed by atoms with Gasteiger partial charge >= 0.3 is 6.18 Å². The Hall–Kier alpha value is -2.89. The maximum atomic E-state index is 12.8. The first kappa shape index (κ1) is 17.9. The average Bonchev–Trinajstić information content (AvgIpc) is 3.01. The van der Waals surface area contributed by atoms with Gasteiger partial charge in [-0.05, 0) is 29.3 Å². The normalized spacial score (nSPS) is 20.3. The summed E-state index contributed by atoms with van der Waals surface area (Å²) in [6.45, 7) is 0.358. The molecule has 0 spiro atoms. The first-order chi connectivity index (χ1) is 12.4. The number of ketones is 1. The first-order valence-electron chi connectivity index (χ1n) is 8.08. The van der Waals surface area contributed by atoms with Crippen LogP contribution >= 0.6 is 0 Å². The third-order valence-corrected chi connectivity index (χ3v) is 4.37. The fraction of sp³-hybridized carbons (Fsp3) is 0.200. The summed E-state index contributed by atoms with van der Waals surface area (Å²) in [6, 6.07) is 13.9. The minimum Gasteiger partial charge on any atom is -0.355 e. The molecule has 1 heterocycles. The minimum absolute atomic E-state index is 0.253. The molecule has 26 heavy (non-hydrogen) atoms. The second-order valence-electron chi connectivity index (χ2n) is 6.10. The Morgan fingerprint density at radius 2 is 1.81 bits per heavy atom. The van der Waals surface area contributed by atoms with E-state index >= 15 is 0 Å². The Labute approximate surface area is 148 Å². The number of allylic oxidation sites excluding steroid dienone is 1. The monoisotopic (exact) mass is 359 g/mol. The number of amides is 1. The van der Waals surface area contributed by atoms with Crippen LogP contribution in [0.1, 0.15) is 22.6 Å². The smallest absolute Gasteiger partial charge is 0.355 e. The molecule has 0 bridgehead atoms. The molecule has 0 radical (unpaired) electrons. The number of nitrogens with one attached hydrogen (secondary N) is 1. The van der Waals surface area contributed by atoms with E-state index in [9.17, 15) is 22.8 Å². The minimum atomic E-state index is -4.45. The van der Waals surface area contributed by atoms with Crippen molar-refractivity contribution in [1.82, 2.24) is 5.32 Å². The van der Waals surface area contributed by atoms with Crippen molar-refractivity contribution in [3.05, 3.63) is 77.4 Å². The van der Waals surface area contributed by atoms with Gasteiger partial charge in [-0.1, -0.05) is 48.5 Å². The van der Waals surface area contributed by atoms with Gasteiger partial charge in [-0.25, -0.2) is 0 Å². The van der Waals surface area contributed by atoms with Crippen molar-refractivity contribution >= 4 is 17.8 Å². The van der Waals surface area contributed by atoms with Crippen molar-refractivity contribution < 1.29 is 22.8 Å². The maximum Gasteiger partial charge on any atom is 0.416 e. The number of alkyl halides is 3. The molecule has 1 N–H and O–H groups in total. The molecule has 0 unspecified atom stereocenters. The second-order valence-corrected chi connectivity index (χ2v) is 6.10. The molecule has 3 nitrogen and oxygen atoms in total. The molecule has 3 rings (SSSR count). The quantitative estimate of drug-likeness (QED) is 0.666. The van der Waals surface area contributed by atoms with E-state index in [1.54, 1.807) is 0 Å². The zero-order valence-corrected chi connectivity index (χ0v) is 13.7. The number of halogens is 3. The van der Waals surface area contributed by atoms with Crippen molar-refractivity contribution in [3.63, 3.8) is 0 Å². The van der Waals surface area contributed by atoms with Gasteiger partial charge in [-0.3, -0.25) is 9.59 Å². The highest BCUT2D eigenvalue weighted by Crippen LogP contribution is 2.31. The standard InChI is InChI=1S/C20H16F3NO2/c21-20(22,23)15-8-4-5-13(11-15)9-10-17(25)18-16(12-24-19(18)26)14-6-2-1-3-7-14/h1-11,16,18H,12H2,(H,24,26)/b10-9+/t16-,18+/m1/s1. The predicted octanol–water partition coefficient (Wildman–Crippen LogP) is 3.82. The summed E-state index contributed by atoms with van der Waals surface area (Å²) in [5.74, 6) is -1.95. The molecule has 1 aliphatic heterocycles. The van der Waals surface area contributed by atoms with E-state index in [0.29, 0.717) is 6.54 Å². The van der Waals surface area contributed by atoms with Crippen LogP contribution in [0.4, 0.5) is 13.2 Å². The molecule has 6 heteroatoms. The fourth-order valence-electron chi connectivity index (χ4n) is 3.06. The van der Waals surface area contributed by atoms with Crippen LogP contribution in [0.15, 0.2) is 60.7 Å². The lowest BCUT2D eigenvalue weighted by Crippen LogP contribution is -2.25. The van der Waals surface area contributed by atoms with Crippen molar-refractivity contribution in [3.8, 4) is 0 Å². The van der Waals surface area contributed by atoms with Crippen LogP contribution < -0.4 is 5.32 Å². The summed E-state index contributed by atoms with van der Waals surface area (Å²) in [5, 5.41) is 2.68. The van der Waals surface area contributed by atoms with Gasteiger partial charge in [-0.2, -0.15) is 13.2 Å². The van der Waals surface area contributed by atoms with E-state index in [0.717, 1.165) is 17.7 Å². The summed E-state index contributed by atoms with van der Waals surface area (Å²) >= 11 is 0. The third-order valence-electron chi connectivity index (χ3n) is 4.37. The molecule has 0 aromatic heterocycles. The van der Waals surface area contributed by atoms with Gasteiger partial charge in [0.2, 0.25) is 5.91 Å². The van der Waals surface area contributed by atoms with Crippen molar-refractivity contribution in [2.45, 2.75) is 12.1 Å². The SMILES string of the molecule is O=C(/C=C/c1cccc(C(F)(F)F)c1)[C@H]1C(=O)NC[C@@H]1c1ccccc1. The molecule has 1 aliphatic rings. The number of hydrogen-bond acceptors (Lipinski definition) is 2. The lowest BCUT2D eigenvalue weighted by Gasteiger charge is -2.14. The topological polar surface area (TPSA) is 46.2 Å². The Balaban J connectivity index is 1.80. The maximum absolute atomic E-state index is 12.8. The number of benzene rings is 2. The highest BCUT2D eigenvalue weighted by atomic mass is 19.4. The van der Waals surface area contributed by atoms with Crippen LogP contribution in [-0.2, 0) is 15.8 Å². The van der Waals surface area contributed by atoms with E-state index in [4.69, 9.17) is 0 Å². The number of hydrogen-bond donors (Lipinski definition) is 1. The van der Waals surface area contributed by atoms with Crippen molar-refractivity contribution in [1.29, 1.82) is 0 Å². The van der Waals surface area contributed by atoms with E-state index in [1.807, 2.05) is 30.3 Å². The van der Waals surface area contributed by atoms with E-state index in [-0.39, 0.29) is 17.4 Å². The van der Waals surface area contributed by atoms with Gasteiger partial charge in [0.15, 0.2) is 5.78 Å². The van der Waals surface area contributed by atoms with Crippen LogP contribution in [-0.4, -0.2) is 18.2 Å². The van der Waals surface area contributed by atoms with Crippen LogP contribution in [0.3, 0.4) is 0 Å². The lowest BCUT2D eigenvalue weighted by atomic mass is 9.85. The average molecular weight is 359 g/mol. The molecule has 1 fully saturated rings. The molecule has 134 valence electrons. The van der Waals surface area contributed by atoms with Crippen LogP contribution in [0.5, 0.6) is 0 Å². The lowest BCUT2D eigenvalue weighted by molar-refractivity contribution is -0.137. The molecular formula is C20H16F3NO2. The first-order valence-corrected chi connectivity index (χ1v) is 8.08. The van der Waals surface area contributed by atoms with E-state index in [2.05, 4.69) is 5.32 Å². The Bertz CT molecular complexity index is 844.